The molecule has 0 amide bonds. The lowest BCUT2D eigenvalue weighted by atomic mass is 10.3. The van der Waals surface area contributed by atoms with Crippen LogP contribution in [0.1, 0.15) is 31.1 Å². The van der Waals surface area contributed by atoms with Gasteiger partial charge in [0.15, 0.2) is 0 Å². The van der Waals surface area contributed by atoms with Gasteiger partial charge < -0.3 is 151 Å². The van der Waals surface area contributed by atoms with E-state index in [1.54, 1.807) is 99.6 Å². The van der Waals surface area contributed by atoms with E-state index < -0.39 is 0 Å². The lowest BCUT2D eigenvalue weighted by Crippen LogP contribution is -2.14. The van der Waals surface area contributed by atoms with Gasteiger partial charge in [-0.25, -0.2) is 19.9 Å². The third kappa shape index (κ3) is 98.7. The van der Waals surface area contributed by atoms with Gasteiger partial charge in [-0.05, 0) is 25.5 Å². The molecule has 0 aliphatic rings. The molecule has 40 heteroatoms. The first-order valence-electron chi connectivity index (χ1n) is 40.9. The molecular formula is C81H152ClI2N9O28. The number of imidazole rings is 4. The van der Waals surface area contributed by atoms with Crippen LogP contribution < -0.4 is 0 Å². The summed E-state index contributed by atoms with van der Waals surface area (Å²) in [4.78, 5) is 20.2. The van der Waals surface area contributed by atoms with Crippen LogP contribution in [0.15, 0.2) is 86.8 Å². The quantitative estimate of drug-likeness (QED) is 0.0231. The third-order valence-corrected chi connectivity index (χ3v) is 15.2. The molecule has 5 rings (SSSR count). The summed E-state index contributed by atoms with van der Waals surface area (Å²) in [6.45, 7) is 36.4. The van der Waals surface area contributed by atoms with Crippen molar-refractivity contribution in [2.75, 3.05) is 362 Å². The van der Waals surface area contributed by atoms with E-state index in [1.165, 1.54) is 0 Å². The molecule has 0 aromatic carbocycles. The van der Waals surface area contributed by atoms with E-state index in [-0.39, 0.29) is 6.61 Å². The third-order valence-electron chi connectivity index (χ3n) is 14.2. The predicted octanol–water partition coefficient (Wildman–Crippen LogP) is 7.07. The van der Waals surface area contributed by atoms with Gasteiger partial charge in [-0.2, -0.15) is 0 Å². The molecule has 5 aromatic rings. The molecule has 37 nitrogen and oxygen atoms in total. The zero-order valence-electron chi connectivity index (χ0n) is 74.1. The normalized spacial score (nSPS) is 10.8. The first kappa shape index (κ1) is 122. The molecule has 121 heavy (non-hydrogen) atoms. The van der Waals surface area contributed by atoms with Gasteiger partial charge in [-0.3, -0.25) is 4.98 Å². The van der Waals surface area contributed by atoms with Crippen molar-refractivity contribution in [3.05, 3.63) is 104 Å². The molecule has 0 bridgehead atoms. The number of hydrogen-bond acceptors (Lipinski definition) is 33. The van der Waals surface area contributed by atoms with Crippen LogP contribution in [0.3, 0.4) is 0 Å². The number of alkyl halides is 3. The molecule has 0 aliphatic heterocycles. The summed E-state index contributed by atoms with van der Waals surface area (Å²) in [5.74, 6) is 2.07. The van der Waals surface area contributed by atoms with Gasteiger partial charge in [0.25, 0.3) is 0 Å². The fourth-order valence-corrected chi connectivity index (χ4v) is 8.83. The zero-order valence-corrected chi connectivity index (χ0v) is 79.2. The zero-order chi connectivity index (χ0) is 88.5. The topological polar surface area (TPSA) is 354 Å². The number of halogens is 3. The minimum atomic E-state index is -0.0485. The number of nitrogens with zero attached hydrogens (tertiary/aromatic N) is 9. The van der Waals surface area contributed by atoms with Crippen molar-refractivity contribution in [1.82, 2.24) is 43.2 Å². The molecule has 0 unspecified atom stereocenters. The maximum absolute atomic E-state index is 8.97. The van der Waals surface area contributed by atoms with Crippen molar-refractivity contribution in [1.29, 1.82) is 0 Å². The van der Waals surface area contributed by atoms with Gasteiger partial charge in [0.05, 0.1) is 303 Å². The van der Waals surface area contributed by atoms with Crippen molar-refractivity contribution in [3.63, 3.8) is 0 Å². The first-order chi connectivity index (χ1) is 59.8. The predicted molar refractivity (Wildman–Crippen MR) is 476 cm³/mol. The number of ether oxygens (including phenoxy) is 27. The molecule has 0 spiro atoms. The van der Waals surface area contributed by atoms with Crippen LogP contribution in [-0.2, 0) is 174 Å². The van der Waals surface area contributed by atoms with Crippen molar-refractivity contribution < 1.29 is 133 Å². The highest BCUT2D eigenvalue weighted by atomic mass is 127. The Morgan fingerprint density at radius 3 is 0.868 bits per heavy atom. The maximum atomic E-state index is 8.97. The fraction of sp³-hybridized carbons (Fsp3) is 0.790. The van der Waals surface area contributed by atoms with E-state index in [9.17, 15) is 0 Å². The lowest BCUT2D eigenvalue weighted by molar-refractivity contribution is -0.000671. The summed E-state index contributed by atoms with van der Waals surface area (Å²) < 4.78 is 150. The maximum Gasteiger partial charge on any atom is 0.134 e. The first-order valence-corrected chi connectivity index (χ1v) is 44.5. The van der Waals surface area contributed by atoms with Crippen LogP contribution >= 0.6 is 56.8 Å². The monoisotopic (exact) mass is 1990 g/mol. The van der Waals surface area contributed by atoms with E-state index in [1.807, 2.05) is 69.0 Å². The second-order valence-corrected chi connectivity index (χ2v) is 26.0. The Morgan fingerprint density at radius 1 is 0.298 bits per heavy atom. The Hall–Kier alpha value is -3.38. The molecular weight excluding hydrogens is 1840 g/mol. The van der Waals surface area contributed by atoms with Gasteiger partial charge >= 0.3 is 0 Å². The fourth-order valence-electron chi connectivity index (χ4n) is 8.10. The molecule has 0 saturated carbocycles. The van der Waals surface area contributed by atoms with Crippen molar-refractivity contribution in [2.45, 2.75) is 59.8 Å². The number of rotatable bonds is 79. The summed E-state index contributed by atoms with van der Waals surface area (Å²) in [6.07, 6.45) is 21.6. The number of pyridine rings is 1. The van der Waals surface area contributed by atoms with E-state index in [0.29, 0.717) is 289 Å². The Labute approximate surface area is 754 Å². The van der Waals surface area contributed by atoms with Crippen molar-refractivity contribution in [2.24, 2.45) is 0 Å². The number of hydrogen-bond donors (Lipinski definition) is 1. The van der Waals surface area contributed by atoms with E-state index in [4.69, 9.17) is 145 Å². The van der Waals surface area contributed by atoms with Gasteiger partial charge in [-0.1, -0.05) is 51.2 Å². The van der Waals surface area contributed by atoms with E-state index >= 15 is 0 Å². The smallest absolute Gasteiger partial charge is 0.134 e. The highest BCUT2D eigenvalue weighted by molar-refractivity contribution is 14.1. The lowest BCUT2D eigenvalue weighted by Gasteiger charge is -2.10. The van der Waals surface area contributed by atoms with Crippen LogP contribution in [0.4, 0.5) is 0 Å². The second kappa shape index (κ2) is 111. The molecule has 0 radical (unpaired) electrons. The van der Waals surface area contributed by atoms with Gasteiger partial charge in [0.2, 0.25) is 0 Å². The second-order valence-electron chi connectivity index (χ2n) is 23.5. The number of aromatic nitrogens is 9. The minimum Gasteiger partial charge on any atom is -0.388 e. The van der Waals surface area contributed by atoms with E-state index in [0.717, 1.165) is 79.5 Å². The standard InChI is InChI=1S/C18H34N2O7.C13H21NO4.C11H20N2O4.C10H18N2O3.C9H16N2O2.C7H15ClO3.C7H15IO3.C6H13IO2/c1-21-7-9-24-12-11-23-6-5-20-4-3-19-18(20)17-27-16-15-26-14-13-25-10-8-22-2;1-15-5-6-16-7-8-17-9-10-18-12-13-3-2-4-14-11-13;1-15-6-7-17-9-8-16-5-4-13-3-2-12-11(13)10-14;1-13-6-7-15-9-8-14-5-4-12-3-2-11-10-12;1-2-12-7-8-13-6-5-11-4-3-10-9-11;2*1-9-4-5-11-7-6-10-3-2-8;1-2-8-5-6-9-4-3-7/h3-4H,5-17H2,1-2H3;2-4,11H,5-10,12H2,1H3;2-3,14H,4-10H2,1H3;2-3,10H,4-9H2,1H3;3-4,9H,2,5-8H2,1H3;2*2-7H2,1H3;2-6H2,1H3. The Kier molecular flexibility index (Phi) is 111. The van der Waals surface area contributed by atoms with Gasteiger partial charge in [0, 0.05) is 166 Å². The summed E-state index contributed by atoms with van der Waals surface area (Å²) in [5, 5.41) is 8.97. The summed E-state index contributed by atoms with van der Waals surface area (Å²) in [7, 11) is 11.6. The van der Waals surface area contributed by atoms with Crippen LogP contribution in [0.2, 0.25) is 0 Å². The summed E-state index contributed by atoms with van der Waals surface area (Å²) in [6, 6.07) is 3.88. The molecule has 5 aromatic heterocycles. The molecule has 0 fully saturated rings. The van der Waals surface area contributed by atoms with Crippen LogP contribution in [0.5, 0.6) is 0 Å². The van der Waals surface area contributed by atoms with Gasteiger partial charge in [0.1, 0.15) is 24.9 Å². The van der Waals surface area contributed by atoms with Crippen LogP contribution in [0, 0.1) is 0 Å². The molecule has 5 heterocycles. The largest absolute Gasteiger partial charge is 0.388 e. The highest BCUT2D eigenvalue weighted by Gasteiger charge is 2.05. The Balaban J connectivity index is -0.00000135. The Bertz CT molecular complexity index is 2550. The minimum absolute atomic E-state index is 0.0485. The van der Waals surface area contributed by atoms with Crippen LogP contribution in [0.25, 0.3) is 0 Å². The SMILES string of the molecule is CCOCCOCCI.CCOCCOCCn1ccnc1.COCCOCCOCCCl.COCCOCCOCCI.COCCOCCOCCOCc1cccnc1.COCCOCCOCCOCc1nccn1CCOCCOCCOC.COCCOCCOCCn1ccnc1.COCCOCCOCCn1ccnc1CO. The van der Waals surface area contributed by atoms with Crippen LogP contribution in [-0.4, -0.2) is 410 Å². The van der Waals surface area contributed by atoms with Gasteiger partial charge in [-0.15, -0.1) is 11.6 Å². The summed E-state index contributed by atoms with van der Waals surface area (Å²) in [5.41, 5.74) is 1.07. The molecule has 0 saturated heterocycles. The average Bonchev–Trinajstić information content (AvgIpc) is 1.78. The number of methoxy groups -OCH3 is 7. The number of aliphatic hydroxyl groups is 1. The Morgan fingerprint density at radius 2 is 0.579 bits per heavy atom. The molecule has 0 aliphatic carbocycles. The van der Waals surface area contributed by atoms with Crippen molar-refractivity contribution >= 4 is 56.8 Å². The number of aliphatic hydroxyl groups excluding tert-OH is 1. The summed E-state index contributed by atoms with van der Waals surface area (Å²) >= 11 is 9.94. The van der Waals surface area contributed by atoms with E-state index in [2.05, 4.69) is 70.1 Å². The highest BCUT2D eigenvalue weighted by Crippen LogP contribution is 2.03. The molecule has 1 N–H and O–H groups in total. The molecule has 0 atom stereocenters. The van der Waals surface area contributed by atoms with Crippen molar-refractivity contribution in [3.8, 4) is 0 Å². The average molecular weight is 1990 g/mol. The molecule has 710 valence electrons.